The zero-order valence-electron chi connectivity index (χ0n) is 14.2. The molecular formula is C16H19N5O4S. The second kappa shape index (κ2) is 10.2. The summed E-state index contributed by atoms with van der Waals surface area (Å²) >= 11 is 0.893. The van der Waals surface area contributed by atoms with Crippen LogP contribution in [0.1, 0.15) is 25.3 Å². The molecule has 0 saturated heterocycles. The SMILES string of the molecule is CCCCOc1cccc(/C=N/NC(=O)CSc2n[nH]c(=O)[nH]c2=O)c1. The first-order chi connectivity index (χ1) is 12.6. The highest BCUT2D eigenvalue weighted by Crippen LogP contribution is 2.12. The van der Waals surface area contributed by atoms with Gasteiger partial charge in [-0.2, -0.15) is 10.2 Å². The topological polar surface area (TPSA) is 129 Å². The maximum absolute atomic E-state index is 11.7. The van der Waals surface area contributed by atoms with Crippen molar-refractivity contribution in [2.45, 2.75) is 24.8 Å². The average Bonchev–Trinajstić information content (AvgIpc) is 2.62. The Labute approximate surface area is 153 Å². The number of H-pyrrole nitrogens is 2. The van der Waals surface area contributed by atoms with E-state index in [2.05, 4.69) is 27.6 Å². The van der Waals surface area contributed by atoms with Crippen LogP contribution in [0.3, 0.4) is 0 Å². The van der Waals surface area contributed by atoms with E-state index in [1.807, 2.05) is 29.2 Å². The first kappa shape index (κ1) is 19.4. The maximum atomic E-state index is 11.7. The Kier molecular flexibility index (Phi) is 7.62. The van der Waals surface area contributed by atoms with E-state index in [0.717, 1.165) is 35.9 Å². The molecule has 0 aliphatic carbocycles. The Bertz CT molecular complexity index is 877. The highest BCUT2D eigenvalue weighted by Gasteiger charge is 2.07. The standard InChI is InChI=1S/C16H19N5O4S/c1-2-3-7-25-12-6-4-5-11(8-12)9-17-19-13(22)10-26-15-14(23)18-16(24)21-20-15/h4-6,8-9H,2-3,7,10H2,1H3,(H,19,22)(H2,18,21,23,24)/b17-9+. The Morgan fingerprint density at radius 3 is 3.04 bits per heavy atom. The quantitative estimate of drug-likeness (QED) is 0.257. The number of unbranched alkanes of at least 4 members (excludes halogenated alkanes) is 1. The minimum atomic E-state index is -0.700. The summed E-state index contributed by atoms with van der Waals surface area (Å²) in [5.74, 6) is 0.265. The van der Waals surface area contributed by atoms with Gasteiger partial charge in [0, 0.05) is 0 Å². The molecule has 0 atom stereocenters. The Morgan fingerprint density at radius 1 is 1.42 bits per heavy atom. The number of hydrogen-bond donors (Lipinski definition) is 3. The predicted octanol–water partition coefficient (Wildman–Crippen LogP) is 0.880. The fourth-order valence-corrected chi connectivity index (χ4v) is 2.42. The minimum Gasteiger partial charge on any atom is -0.494 e. The summed E-state index contributed by atoms with van der Waals surface area (Å²) < 4.78 is 5.60. The number of amides is 1. The summed E-state index contributed by atoms with van der Waals surface area (Å²) in [6.45, 7) is 2.75. The Balaban J connectivity index is 1.82. The van der Waals surface area contributed by atoms with Gasteiger partial charge in [0.2, 0.25) is 5.91 Å². The lowest BCUT2D eigenvalue weighted by molar-refractivity contribution is -0.118. The molecule has 3 N–H and O–H groups in total. The van der Waals surface area contributed by atoms with E-state index in [0.29, 0.717) is 6.61 Å². The molecule has 26 heavy (non-hydrogen) atoms. The number of thioether (sulfide) groups is 1. The molecule has 9 nitrogen and oxygen atoms in total. The van der Waals surface area contributed by atoms with Crippen molar-refractivity contribution in [2.24, 2.45) is 5.10 Å². The van der Waals surface area contributed by atoms with E-state index < -0.39 is 17.2 Å². The van der Waals surface area contributed by atoms with Crippen LogP contribution in [0.5, 0.6) is 5.75 Å². The highest BCUT2D eigenvalue weighted by atomic mass is 32.2. The average molecular weight is 377 g/mol. The molecule has 0 unspecified atom stereocenters. The van der Waals surface area contributed by atoms with Crippen LogP contribution in [0.4, 0.5) is 0 Å². The van der Waals surface area contributed by atoms with Crippen LogP contribution in [-0.2, 0) is 4.79 Å². The van der Waals surface area contributed by atoms with Gasteiger partial charge in [-0.1, -0.05) is 37.2 Å². The van der Waals surface area contributed by atoms with Crippen LogP contribution in [0.25, 0.3) is 0 Å². The second-order valence-electron chi connectivity index (χ2n) is 5.17. The number of carbonyl (C=O) groups excluding carboxylic acids is 1. The molecule has 1 aromatic heterocycles. The number of rotatable bonds is 9. The van der Waals surface area contributed by atoms with Crippen LogP contribution in [0.15, 0.2) is 44.0 Å². The van der Waals surface area contributed by atoms with E-state index in [1.54, 1.807) is 0 Å². The Hall–Kier alpha value is -2.88. The molecule has 0 aliphatic rings. The third kappa shape index (κ3) is 6.55. The van der Waals surface area contributed by atoms with E-state index in [9.17, 15) is 14.4 Å². The largest absolute Gasteiger partial charge is 0.494 e. The van der Waals surface area contributed by atoms with Gasteiger partial charge in [-0.25, -0.2) is 15.3 Å². The highest BCUT2D eigenvalue weighted by molar-refractivity contribution is 7.99. The van der Waals surface area contributed by atoms with E-state index in [1.165, 1.54) is 6.21 Å². The van der Waals surface area contributed by atoms with Gasteiger partial charge in [-0.15, -0.1) is 0 Å². The molecule has 138 valence electrons. The second-order valence-corrected chi connectivity index (χ2v) is 6.13. The molecule has 10 heteroatoms. The molecule has 0 aliphatic heterocycles. The normalized spacial score (nSPS) is 10.8. The van der Waals surface area contributed by atoms with E-state index in [-0.39, 0.29) is 10.8 Å². The molecule has 0 radical (unpaired) electrons. The van der Waals surface area contributed by atoms with Crippen molar-refractivity contribution in [1.82, 2.24) is 20.6 Å². The number of aromatic nitrogens is 3. The first-order valence-corrected chi connectivity index (χ1v) is 8.93. The van der Waals surface area contributed by atoms with Crippen molar-refractivity contribution in [3.05, 3.63) is 50.7 Å². The summed E-state index contributed by atoms with van der Waals surface area (Å²) in [4.78, 5) is 36.1. The monoisotopic (exact) mass is 377 g/mol. The number of aromatic amines is 2. The van der Waals surface area contributed by atoms with E-state index >= 15 is 0 Å². The lowest BCUT2D eigenvalue weighted by Gasteiger charge is -2.05. The van der Waals surface area contributed by atoms with Crippen molar-refractivity contribution >= 4 is 23.9 Å². The van der Waals surface area contributed by atoms with Gasteiger partial charge in [-0.3, -0.25) is 14.6 Å². The molecular weight excluding hydrogens is 358 g/mol. The zero-order valence-corrected chi connectivity index (χ0v) is 15.0. The first-order valence-electron chi connectivity index (χ1n) is 7.95. The number of hydrazone groups is 1. The molecule has 0 spiro atoms. The van der Waals surface area contributed by atoms with E-state index in [4.69, 9.17) is 4.74 Å². The molecule has 1 aromatic carbocycles. The zero-order chi connectivity index (χ0) is 18.8. The summed E-state index contributed by atoms with van der Waals surface area (Å²) in [6, 6.07) is 7.36. The van der Waals surface area contributed by atoms with Crippen LogP contribution in [0, 0.1) is 0 Å². The van der Waals surface area contributed by atoms with Crippen molar-refractivity contribution in [3.8, 4) is 5.75 Å². The van der Waals surface area contributed by atoms with Crippen molar-refractivity contribution in [1.29, 1.82) is 0 Å². The lowest BCUT2D eigenvalue weighted by Crippen LogP contribution is -2.26. The number of benzene rings is 1. The molecule has 1 amide bonds. The van der Waals surface area contributed by atoms with Gasteiger partial charge in [0.25, 0.3) is 5.56 Å². The summed E-state index contributed by atoms with van der Waals surface area (Å²) in [7, 11) is 0. The van der Waals surface area contributed by atoms with Gasteiger partial charge in [0.05, 0.1) is 18.6 Å². The van der Waals surface area contributed by atoms with Crippen LogP contribution in [-0.4, -0.2) is 39.7 Å². The molecule has 1 heterocycles. The van der Waals surface area contributed by atoms with Crippen molar-refractivity contribution in [2.75, 3.05) is 12.4 Å². The predicted molar refractivity (Wildman–Crippen MR) is 98.8 cm³/mol. The number of hydrogen-bond acceptors (Lipinski definition) is 7. The van der Waals surface area contributed by atoms with Crippen LogP contribution < -0.4 is 21.4 Å². The van der Waals surface area contributed by atoms with Gasteiger partial charge in [-0.05, 0) is 24.1 Å². The summed E-state index contributed by atoms with van der Waals surface area (Å²) in [5.41, 5.74) is 1.80. The molecule has 2 aromatic rings. The lowest BCUT2D eigenvalue weighted by atomic mass is 10.2. The van der Waals surface area contributed by atoms with Gasteiger partial charge in [0.1, 0.15) is 5.75 Å². The third-order valence-electron chi connectivity index (χ3n) is 3.05. The van der Waals surface area contributed by atoms with Crippen LogP contribution >= 0.6 is 11.8 Å². The maximum Gasteiger partial charge on any atom is 0.342 e. The Morgan fingerprint density at radius 2 is 2.27 bits per heavy atom. The summed E-state index contributed by atoms with van der Waals surface area (Å²) in [6.07, 6.45) is 3.55. The van der Waals surface area contributed by atoms with Crippen molar-refractivity contribution in [3.63, 3.8) is 0 Å². The summed E-state index contributed by atoms with van der Waals surface area (Å²) in [5, 5.41) is 9.54. The number of nitrogens with one attached hydrogen (secondary N) is 3. The van der Waals surface area contributed by atoms with Gasteiger partial charge >= 0.3 is 5.69 Å². The molecule has 2 rings (SSSR count). The number of carbonyl (C=O) groups is 1. The van der Waals surface area contributed by atoms with Crippen molar-refractivity contribution < 1.29 is 9.53 Å². The minimum absolute atomic E-state index is 0.000610. The molecule has 0 bridgehead atoms. The van der Waals surface area contributed by atoms with Gasteiger partial charge < -0.3 is 4.74 Å². The molecule has 0 saturated carbocycles. The van der Waals surface area contributed by atoms with Crippen LogP contribution in [0.2, 0.25) is 0 Å². The number of nitrogens with zero attached hydrogens (tertiary/aromatic N) is 2. The fraction of sp³-hybridized carbons (Fsp3) is 0.312. The fourth-order valence-electron chi connectivity index (χ4n) is 1.80. The smallest absolute Gasteiger partial charge is 0.342 e. The molecule has 0 fully saturated rings. The van der Waals surface area contributed by atoms with Gasteiger partial charge in [0.15, 0.2) is 5.03 Å². The number of ether oxygens (including phenoxy) is 1. The third-order valence-corrected chi connectivity index (χ3v) is 4.00.